The van der Waals surface area contributed by atoms with Crippen molar-refractivity contribution in [3.63, 3.8) is 0 Å². The van der Waals surface area contributed by atoms with Gasteiger partial charge in [-0.25, -0.2) is 0 Å². The summed E-state index contributed by atoms with van der Waals surface area (Å²) in [6.45, 7) is 12.1. The molecule has 0 bridgehead atoms. The third kappa shape index (κ3) is 5.95. The molecule has 152 valence electrons. The molecule has 3 rings (SSSR count). The van der Waals surface area contributed by atoms with Crippen molar-refractivity contribution in [2.24, 2.45) is 11.8 Å². The molecule has 6 nitrogen and oxygen atoms in total. The minimum atomic E-state index is 0.285. The Morgan fingerprint density at radius 3 is 2.50 bits per heavy atom. The molecule has 0 saturated carbocycles. The Morgan fingerprint density at radius 1 is 1.14 bits per heavy atom. The summed E-state index contributed by atoms with van der Waals surface area (Å²) in [5.74, 6) is 2.25. The Labute approximate surface area is 168 Å². The number of piperazine rings is 1. The summed E-state index contributed by atoms with van der Waals surface area (Å²) in [5, 5.41) is 8.94. The molecule has 2 aliphatic heterocycles. The fourth-order valence-electron chi connectivity index (χ4n) is 4.28. The number of amides is 1. The Morgan fingerprint density at radius 2 is 1.82 bits per heavy atom. The zero-order valence-electron chi connectivity index (χ0n) is 17.1. The summed E-state index contributed by atoms with van der Waals surface area (Å²) in [6.07, 6.45) is 1.23. The van der Waals surface area contributed by atoms with E-state index in [0.717, 1.165) is 51.6 Å². The van der Waals surface area contributed by atoms with E-state index in [9.17, 15) is 4.79 Å². The first-order chi connectivity index (χ1) is 13.5. The van der Waals surface area contributed by atoms with E-state index in [1.165, 1.54) is 6.42 Å². The summed E-state index contributed by atoms with van der Waals surface area (Å²) in [4.78, 5) is 19.4. The van der Waals surface area contributed by atoms with E-state index in [-0.39, 0.29) is 5.91 Å². The summed E-state index contributed by atoms with van der Waals surface area (Å²) < 4.78 is 5.77. The number of benzene rings is 1. The second-order valence-electron chi connectivity index (χ2n) is 8.35. The zero-order chi connectivity index (χ0) is 19.9. The van der Waals surface area contributed by atoms with Crippen LogP contribution in [0.5, 0.6) is 5.75 Å². The molecule has 2 atom stereocenters. The lowest BCUT2D eigenvalue weighted by molar-refractivity contribution is -0.135. The standard InChI is InChI=1S/C22H32N4O2/c1-18-12-19(2)16-26(15-18)22(27)17-25-8-6-24(7-9-25)10-11-28-21-5-3-4-20(13-21)14-23/h3-5,13,18-19H,6-12,15-17H2,1-2H3. The van der Waals surface area contributed by atoms with Crippen molar-refractivity contribution in [3.05, 3.63) is 29.8 Å². The smallest absolute Gasteiger partial charge is 0.236 e. The van der Waals surface area contributed by atoms with Gasteiger partial charge >= 0.3 is 0 Å². The van der Waals surface area contributed by atoms with Crippen molar-refractivity contribution >= 4 is 5.91 Å². The van der Waals surface area contributed by atoms with E-state index in [1.54, 1.807) is 12.1 Å². The molecule has 0 N–H and O–H groups in total. The predicted molar refractivity (Wildman–Crippen MR) is 109 cm³/mol. The molecule has 0 aliphatic carbocycles. The topological polar surface area (TPSA) is 59.8 Å². The van der Waals surface area contributed by atoms with Crippen LogP contribution in [0.1, 0.15) is 25.8 Å². The highest BCUT2D eigenvalue weighted by Gasteiger charge is 2.27. The number of rotatable bonds is 6. The van der Waals surface area contributed by atoms with E-state index >= 15 is 0 Å². The molecule has 0 spiro atoms. The van der Waals surface area contributed by atoms with Gasteiger partial charge in [-0.3, -0.25) is 14.6 Å². The maximum absolute atomic E-state index is 12.6. The Hall–Kier alpha value is -2.10. The van der Waals surface area contributed by atoms with Crippen molar-refractivity contribution in [1.82, 2.24) is 14.7 Å². The molecule has 2 unspecified atom stereocenters. The van der Waals surface area contributed by atoms with Crippen LogP contribution in [0.4, 0.5) is 0 Å². The average molecular weight is 385 g/mol. The monoisotopic (exact) mass is 384 g/mol. The summed E-state index contributed by atoms with van der Waals surface area (Å²) >= 11 is 0. The van der Waals surface area contributed by atoms with E-state index < -0.39 is 0 Å². The lowest BCUT2D eigenvalue weighted by Crippen LogP contribution is -2.52. The molecule has 2 heterocycles. The van der Waals surface area contributed by atoms with Gasteiger partial charge in [-0.15, -0.1) is 0 Å². The Balaban J connectivity index is 1.35. The van der Waals surface area contributed by atoms with Gasteiger partial charge in [-0.2, -0.15) is 5.26 Å². The van der Waals surface area contributed by atoms with Crippen LogP contribution in [0, 0.1) is 23.2 Å². The van der Waals surface area contributed by atoms with Crippen molar-refractivity contribution in [2.45, 2.75) is 20.3 Å². The molecule has 0 radical (unpaired) electrons. The predicted octanol–water partition coefficient (Wildman–Crippen LogP) is 2.06. The largest absolute Gasteiger partial charge is 0.492 e. The van der Waals surface area contributed by atoms with Crippen LogP contribution < -0.4 is 4.74 Å². The average Bonchev–Trinajstić information content (AvgIpc) is 2.69. The number of nitrogens with zero attached hydrogens (tertiary/aromatic N) is 4. The normalized spacial score (nSPS) is 24.0. The molecule has 1 amide bonds. The quantitative estimate of drug-likeness (QED) is 0.751. The zero-order valence-corrected chi connectivity index (χ0v) is 17.1. The number of piperidine rings is 1. The molecule has 28 heavy (non-hydrogen) atoms. The molecular weight excluding hydrogens is 352 g/mol. The first-order valence-electron chi connectivity index (χ1n) is 10.4. The number of carbonyl (C=O) groups excluding carboxylic acids is 1. The van der Waals surface area contributed by atoms with Gasteiger partial charge < -0.3 is 9.64 Å². The fraction of sp³-hybridized carbons (Fsp3) is 0.636. The summed E-state index contributed by atoms with van der Waals surface area (Å²) in [5.41, 5.74) is 0.619. The number of carbonyl (C=O) groups is 1. The highest BCUT2D eigenvalue weighted by molar-refractivity contribution is 5.78. The van der Waals surface area contributed by atoms with Gasteiger partial charge in [0, 0.05) is 45.8 Å². The molecule has 1 aromatic rings. The SMILES string of the molecule is CC1CC(C)CN(C(=O)CN2CCN(CCOc3cccc(C#N)c3)CC2)C1. The lowest BCUT2D eigenvalue weighted by Gasteiger charge is -2.38. The van der Waals surface area contributed by atoms with Gasteiger partial charge in [-0.1, -0.05) is 19.9 Å². The van der Waals surface area contributed by atoms with Crippen LogP contribution in [-0.2, 0) is 4.79 Å². The third-order valence-corrected chi connectivity index (χ3v) is 5.68. The van der Waals surface area contributed by atoms with Crippen molar-refractivity contribution in [1.29, 1.82) is 5.26 Å². The Bertz CT molecular complexity index is 684. The first-order valence-corrected chi connectivity index (χ1v) is 10.4. The number of hydrogen-bond donors (Lipinski definition) is 0. The number of ether oxygens (including phenoxy) is 1. The third-order valence-electron chi connectivity index (χ3n) is 5.68. The Kier molecular flexibility index (Phi) is 7.30. The second kappa shape index (κ2) is 9.90. The number of likely N-dealkylation sites (tertiary alicyclic amines) is 1. The maximum atomic E-state index is 12.6. The highest BCUT2D eigenvalue weighted by atomic mass is 16.5. The van der Waals surface area contributed by atoms with Crippen LogP contribution in [0.25, 0.3) is 0 Å². The van der Waals surface area contributed by atoms with E-state index in [1.807, 2.05) is 12.1 Å². The first kappa shape index (κ1) is 20.6. The minimum Gasteiger partial charge on any atom is -0.492 e. The molecule has 2 fully saturated rings. The fourth-order valence-corrected chi connectivity index (χ4v) is 4.28. The number of hydrogen-bond acceptors (Lipinski definition) is 5. The highest BCUT2D eigenvalue weighted by Crippen LogP contribution is 2.21. The van der Waals surface area contributed by atoms with Gasteiger partial charge in [0.1, 0.15) is 12.4 Å². The van der Waals surface area contributed by atoms with Crippen LogP contribution >= 0.6 is 0 Å². The van der Waals surface area contributed by atoms with Gasteiger partial charge in [0.2, 0.25) is 5.91 Å². The van der Waals surface area contributed by atoms with E-state index in [4.69, 9.17) is 10.00 Å². The molecule has 1 aromatic carbocycles. The molecule has 0 aromatic heterocycles. The number of nitriles is 1. The van der Waals surface area contributed by atoms with Crippen molar-refractivity contribution in [3.8, 4) is 11.8 Å². The summed E-state index contributed by atoms with van der Waals surface area (Å²) in [6, 6.07) is 9.40. The van der Waals surface area contributed by atoms with E-state index in [0.29, 0.717) is 30.6 Å². The van der Waals surface area contributed by atoms with Gasteiger partial charge in [0.25, 0.3) is 0 Å². The summed E-state index contributed by atoms with van der Waals surface area (Å²) in [7, 11) is 0. The van der Waals surface area contributed by atoms with Gasteiger partial charge in [0.05, 0.1) is 18.2 Å². The van der Waals surface area contributed by atoms with Gasteiger partial charge in [0.15, 0.2) is 0 Å². The van der Waals surface area contributed by atoms with Crippen LogP contribution in [0.2, 0.25) is 0 Å². The second-order valence-corrected chi connectivity index (χ2v) is 8.35. The maximum Gasteiger partial charge on any atom is 0.236 e. The lowest BCUT2D eigenvalue weighted by atomic mass is 9.92. The molecular formula is C22H32N4O2. The van der Waals surface area contributed by atoms with E-state index in [2.05, 4.69) is 34.6 Å². The van der Waals surface area contributed by atoms with Crippen molar-refractivity contribution < 1.29 is 9.53 Å². The molecule has 2 saturated heterocycles. The van der Waals surface area contributed by atoms with Crippen LogP contribution in [-0.4, -0.2) is 79.6 Å². The molecule has 6 heteroatoms. The molecule has 2 aliphatic rings. The van der Waals surface area contributed by atoms with Crippen LogP contribution in [0.15, 0.2) is 24.3 Å². The minimum absolute atomic E-state index is 0.285. The van der Waals surface area contributed by atoms with Crippen LogP contribution in [0.3, 0.4) is 0 Å². The van der Waals surface area contributed by atoms with Gasteiger partial charge in [-0.05, 0) is 36.5 Å². The van der Waals surface area contributed by atoms with Crippen molar-refractivity contribution in [2.75, 3.05) is 59.0 Å².